The zero-order chi connectivity index (χ0) is 19.7. The molecule has 1 aromatic heterocycles. The average Bonchev–Trinajstić information content (AvgIpc) is 3.21. The number of nitrogens with zero attached hydrogens (tertiary/aromatic N) is 2. The summed E-state index contributed by atoms with van der Waals surface area (Å²) in [6.07, 6.45) is -2.13. The fourth-order valence-electron chi connectivity index (χ4n) is 3.54. The smallest absolute Gasteiger partial charge is 0.348 e. The van der Waals surface area contributed by atoms with Crippen LogP contribution in [0.2, 0.25) is 0 Å². The van der Waals surface area contributed by atoms with E-state index in [-0.39, 0.29) is 13.2 Å². The van der Waals surface area contributed by atoms with Crippen molar-refractivity contribution in [3.8, 4) is 0 Å². The summed E-state index contributed by atoms with van der Waals surface area (Å²) >= 11 is 1.67. The van der Waals surface area contributed by atoms with Gasteiger partial charge < -0.3 is 16.0 Å². The second-order valence-corrected chi connectivity index (χ2v) is 8.98. The van der Waals surface area contributed by atoms with Gasteiger partial charge in [-0.15, -0.1) is 24.5 Å². The van der Waals surface area contributed by atoms with Gasteiger partial charge in [-0.25, -0.2) is 0 Å². The molecule has 5 nitrogen and oxygen atoms in total. The number of alkyl halides is 3. The highest BCUT2D eigenvalue weighted by atomic mass is 32.1. The molecule has 1 aromatic rings. The molecule has 1 saturated carbocycles. The van der Waals surface area contributed by atoms with E-state index in [2.05, 4.69) is 28.8 Å². The molecule has 0 bridgehead atoms. The summed E-state index contributed by atoms with van der Waals surface area (Å²) in [7, 11) is 0. The molecule has 0 atom stereocenters. The number of ether oxygens (including phenoxy) is 1. The number of hydrogen-bond acceptors (Lipinski definition) is 6. The molecular weight excluding hydrogens is 377 g/mol. The fourth-order valence-corrected chi connectivity index (χ4v) is 4.84. The van der Waals surface area contributed by atoms with Crippen molar-refractivity contribution in [2.45, 2.75) is 46.1 Å². The molecule has 0 spiro atoms. The third-order valence-corrected chi connectivity index (χ3v) is 6.73. The number of nitrogens with two attached hydrogens (primary N) is 1. The first-order valence-electron chi connectivity index (χ1n) is 9.41. The van der Waals surface area contributed by atoms with E-state index < -0.39 is 6.36 Å². The molecule has 27 heavy (non-hydrogen) atoms. The van der Waals surface area contributed by atoms with Crippen molar-refractivity contribution in [2.75, 3.05) is 44.4 Å². The van der Waals surface area contributed by atoms with E-state index in [1.807, 2.05) is 4.90 Å². The number of halogens is 3. The van der Waals surface area contributed by atoms with Crippen LogP contribution in [0.25, 0.3) is 0 Å². The molecule has 0 saturated heterocycles. The molecule has 0 aromatic carbocycles. The van der Waals surface area contributed by atoms with Gasteiger partial charge in [0.15, 0.2) is 0 Å². The largest absolute Gasteiger partial charge is 0.522 e. The third-order valence-electron chi connectivity index (χ3n) is 5.33. The average molecular weight is 407 g/mol. The molecule has 3 rings (SSSR count). The van der Waals surface area contributed by atoms with Crippen molar-refractivity contribution in [1.29, 1.82) is 0 Å². The summed E-state index contributed by atoms with van der Waals surface area (Å²) in [4.78, 5) is 5.63. The van der Waals surface area contributed by atoms with Gasteiger partial charge in [-0.3, -0.25) is 9.64 Å². The van der Waals surface area contributed by atoms with Crippen LogP contribution in [0, 0.1) is 12.3 Å². The Bertz CT molecular complexity index is 645. The number of nitrogens with one attached hydrogen (secondary N) is 1. The standard InChI is InChI=1S/C18H29F3N4OS/c1-13-14-10-24(11-17(2)3-4-17)12-25(7-8-26-18(19,20)21)16(14)27-15(13)9-23-6-5-22/h23H,3-12,22H2,1-2H3. The van der Waals surface area contributed by atoms with Crippen LogP contribution < -0.4 is 16.0 Å². The minimum Gasteiger partial charge on any atom is -0.348 e. The van der Waals surface area contributed by atoms with Crippen molar-refractivity contribution >= 4 is 16.3 Å². The highest BCUT2D eigenvalue weighted by Gasteiger charge is 2.40. The van der Waals surface area contributed by atoms with Gasteiger partial charge in [0.1, 0.15) is 0 Å². The van der Waals surface area contributed by atoms with E-state index >= 15 is 0 Å². The Morgan fingerprint density at radius 2 is 2.07 bits per heavy atom. The first-order chi connectivity index (χ1) is 12.7. The van der Waals surface area contributed by atoms with E-state index in [0.29, 0.717) is 18.6 Å². The zero-order valence-electron chi connectivity index (χ0n) is 16.0. The van der Waals surface area contributed by atoms with E-state index in [4.69, 9.17) is 5.73 Å². The highest BCUT2D eigenvalue weighted by molar-refractivity contribution is 7.16. The monoisotopic (exact) mass is 406 g/mol. The van der Waals surface area contributed by atoms with Crippen LogP contribution in [0.1, 0.15) is 35.8 Å². The van der Waals surface area contributed by atoms with Crippen molar-refractivity contribution in [2.24, 2.45) is 11.1 Å². The van der Waals surface area contributed by atoms with Crippen LogP contribution >= 0.6 is 11.3 Å². The van der Waals surface area contributed by atoms with E-state index in [1.54, 1.807) is 11.3 Å². The van der Waals surface area contributed by atoms with Gasteiger partial charge in [-0.2, -0.15) is 0 Å². The second kappa shape index (κ2) is 8.24. The third kappa shape index (κ3) is 5.57. The maximum atomic E-state index is 12.4. The van der Waals surface area contributed by atoms with Gasteiger partial charge in [0, 0.05) is 49.7 Å². The molecule has 0 radical (unpaired) electrons. The second-order valence-electron chi connectivity index (χ2n) is 7.90. The first-order valence-corrected chi connectivity index (χ1v) is 10.2. The number of fused-ring (bicyclic) bond motifs is 1. The van der Waals surface area contributed by atoms with Crippen molar-refractivity contribution in [3.63, 3.8) is 0 Å². The predicted octanol–water partition coefficient (Wildman–Crippen LogP) is 3.02. The zero-order valence-corrected chi connectivity index (χ0v) is 16.8. The normalized spacial score (nSPS) is 19.4. The molecule has 3 N–H and O–H groups in total. The van der Waals surface area contributed by atoms with Crippen molar-refractivity contribution in [1.82, 2.24) is 10.2 Å². The molecule has 0 unspecified atom stereocenters. The Kier molecular flexibility index (Phi) is 6.37. The minimum absolute atomic E-state index is 0.231. The lowest BCUT2D eigenvalue weighted by atomic mass is 10.1. The van der Waals surface area contributed by atoms with Gasteiger partial charge in [0.2, 0.25) is 0 Å². The minimum atomic E-state index is -4.58. The lowest BCUT2D eigenvalue weighted by Gasteiger charge is -2.38. The molecule has 1 fully saturated rings. The number of hydrogen-bond donors (Lipinski definition) is 2. The first kappa shape index (κ1) is 20.9. The maximum absolute atomic E-state index is 12.4. The Labute approximate surface area is 162 Å². The molecule has 154 valence electrons. The Hall–Kier alpha value is -0.870. The maximum Gasteiger partial charge on any atom is 0.522 e. The van der Waals surface area contributed by atoms with Crippen LogP contribution in [0.5, 0.6) is 0 Å². The number of anilines is 1. The lowest BCUT2D eigenvalue weighted by Crippen LogP contribution is -2.45. The van der Waals surface area contributed by atoms with Gasteiger partial charge in [0.05, 0.1) is 18.3 Å². The van der Waals surface area contributed by atoms with Crippen molar-refractivity contribution in [3.05, 3.63) is 16.0 Å². The topological polar surface area (TPSA) is 53.8 Å². The lowest BCUT2D eigenvalue weighted by molar-refractivity contribution is -0.323. The van der Waals surface area contributed by atoms with Gasteiger partial charge in [-0.1, -0.05) is 6.92 Å². The summed E-state index contributed by atoms with van der Waals surface area (Å²) in [5, 5.41) is 4.40. The summed E-state index contributed by atoms with van der Waals surface area (Å²) in [6.45, 7) is 8.84. The van der Waals surface area contributed by atoms with Crippen LogP contribution in [0.4, 0.5) is 18.2 Å². The molecule has 2 heterocycles. The SMILES string of the molecule is Cc1c(CNCCN)sc2c1CN(CC1(C)CC1)CN2CCOC(F)(F)F. The van der Waals surface area contributed by atoms with Crippen molar-refractivity contribution < 1.29 is 17.9 Å². The molecule has 2 aliphatic rings. The molecule has 1 aliphatic heterocycles. The van der Waals surface area contributed by atoms with Gasteiger partial charge in [0.25, 0.3) is 0 Å². The van der Waals surface area contributed by atoms with Crippen LogP contribution in [0.15, 0.2) is 0 Å². The quantitative estimate of drug-likeness (QED) is 0.618. The van der Waals surface area contributed by atoms with Crippen LogP contribution in [-0.4, -0.2) is 50.7 Å². The van der Waals surface area contributed by atoms with Gasteiger partial charge >= 0.3 is 6.36 Å². The Balaban J connectivity index is 1.74. The van der Waals surface area contributed by atoms with E-state index in [9.17, 15) is 13.2 Å². The Morgan fingerprint density at radius 3 is 2.70 bits per heavy atom. The Morgan fingerprint density at radius 1 is 1.33 bits per heavy atom. The molecule has 9 heteroatoms. The van der Waals surface area contributed by atoms with Crippen LogP contribution in [0.3, 0.4) is 0 Å². The molecule has 1 aliphatic carbocycles. The molecule has 0 amide bonds. The number of thiophene rings is 1. The van der Waals surface area contributed by atoms with Gasteiger partial charge in [-0.05, 0) is 30.7 Å². The van der Waals surface area contributed by atoms with Crippen LogP contribution in [-0.2, 0) is 17.8 Å². The summed E-state index contributed by atoms with van der Waals surface area (Å²) in [5.74, 6) is 0. The van der Waals surface area contributed by atoms with E-state index in [0.717, 1.165) is 31.2 Å². The number of rotatable bonds is 9. The summed E-state index contributed by atoms with van der Waals surface area (Å²) < 4.78 is 41.2. The fraction of sp³-hybridized carbons (Fsp3) is 0.778. The summed E-state index contributed by atoms with van der Waals surface area (Å²) in [5.41, 5.74) is 8.39. The summed E-state index contributed by atoms with van der Waals surface area (Å²) in [6, 6.07) is 0. The highest BCUT2D eigenvalue weighted by Crippen LogP contribution is 2.47. The molecular formula is C18H29F3N4OS. The predicted molar refractivity (Wildman–Crippen MR) is 102 cm³/mol. The van der Waals surface area contributed by atoms with E-state index in [1.165, 1.54) is 28.8 Å².